The summed E-state index contributed by atoms with van der Waals surface area (Å²) in [5.41, 5.74) is 2.70. The molecule has 0 radical (unpaired) electrons. The molecule has 1 aromatic heterocycles. The maximum absolute atomic E-state index is 6.09. The molecule has 2 unspecified atom stereocenters. The molecule has 3 N–H and O–H groups in total. The summed E-state index contributed by atoms with van der Waals surface area (Å²) >= 11 is 0. The quantitative estimate of drug-likeness (QED) is 0.555. The van der Waals surface area contributed by atoms with E-state index in [9.17, 15) is 0 Å². The molecule has 3 rings (SSSR count). The van der Waals surface area contributed by atoms with Crippen molar-refractivity contribution in [1.29, 1.82) is 0 Å². The number of nitrogens with zero attached hydrogens (tertiary/aromatic N) is 1. The van der Waals surface area contributed by atoms with Gasteiger partial charge in [0.05, 0.1) is 6.10 Å². The molecule has 5 heteroatoms. The second-order valence-electron chi connectivity index (χ2n) is 8.55. The molecular weight excluding hydrogens is 336 g/mol. The van der Waals surface area contributed by atoms with E-state index in [1.54, 1.807) is 0 Å². The maximum atomic E-state index is 6.09. The zero-order chi connectivity index (χ0) is 19.3. The number of benzene rings is 1. The Labute approximate surface area is 163 Å². The van der Waals surface area contributed by atoms with Gasteiger partial charge in [0.15, 0.2) is 5.96 Å². The summed E-state index contributed by atoms with van der Waals surface area (Å²) in [5.74, 6) is 1.39. The van der Waals surface area contributed by atoms with Gasteiger partial charge in [-0.1, -0.05) is 39.0 Å². The van der Waals surface area contributed by atoms with Crippen LogP contribution >= 0.6 is 0 Å². The monoisotopic (exact) mass is 370 g/mol. The average molecular weight is 371 g/mol. The number of hydrogen-bond donors (Lipinski definition) is 3. The molecule has 148 valence electrons. The Morgan fingerprint density at radius 2 is 2.07 bits per heavy atom. The number of aromatic nitrogens is 1. The summed E-state index contributed by atoms with van der Waals surface area (Å²) < 4.78 is 6.09. The van der Waals surface area contributed by atoms with Crippen molar-refractivity contribution in [1.82, 2.24) is 15.6 Å². The maximum Gasteiger partial charge on any atom is 0.190 e. The molecular formula is C22H34N4O. The third-order valence-corrected chi connectivity index (χ3v) is 5.42. The largest absolute Gasteiger partial charge is 0.377 e. The Bertz CT molecular complexity index is 759. The first-order chi connectivity index (χ1) is 13.0. The molecule has 0 saturated carbocycles. The van der Waals surface area contributed by atoms with Crippen LogP contribution in [0.5, 0.6) is 0 Å². The van der Waals surface area contributed by atoms with Gasteiger partial charge in [0.2, 0.25) is 0 Å². The highest BCUT2D eigenvalue weighted by Gasteiger charge is 2.35. The molecule has 1 aromatic carbocycles. The summed E-state index contributed by atoms with van der Waals surface area (Å²) in [5, 5.41) is 8.26. The van der Waals surface area contributed by atoms with Gasteiger partial charge in [0, 0.05) is 49.8 Å². The number of aliphatic imine (C=N–C) groups is 1. The van der Waals surface area contributed by atoms with E-state index < -0.39 is 0 Å². The van der Waals surface area contributed by atoms with Crippen LogP contribution < -0.4 is 10.6 Å². The third-order valence-electron chi connectivity index (χ3n) is 5.42. The third kappa shape index (κ3) is 5.04. The van der Waals surface area contributed by atoms with Gasteiger partial charge < -0.3 is 20.4 Å². The zero-order valence-corrected chi connectivity index (χ0v) is 17.1. The predicted octanol–water partition coefficient (Wildman–Crippen LogP) is 3.72. The van der Waals surface area contributed by atoms with Crippen LogP contribution in [0.1, 0.15) is 39.2 Å². The van der Waals surface area contributed by atoms with Crippen molar-refractivity contribution >= 4 is 16.9 Å². The summed E-state index contributed by atoms with van der Waals surface area (Å²) in [4.78, 5) is 7.73. The SMILES string of the molecule is CN=C(NCCc1c[nH]c2ccccc12)NCC1CCCOC1C(C)(C)C. The van der Waals surface area contributed by atoms with Crippen LogP contribution in [0.3, 0.4) is 0 Å². The van der Waals surface area contributed by atoms with Crippen LogP contribution in [0.4, 0.5) is 0 Å². The number of H-pyrrole nitrogens is 1. The molecule has 2 atom stereocenters. The average Bonchev–Trinajstić information content (AvgIpc) is 3.07. The van der Waals surface area contributed by atoms with Gasteiger partial charge in [-0.25, -0.2) is 0 Å². The Hall–Kier alpha value is -2.01. The molecule has 0 amide bonds. The molecule has 1 aliphatic heterocycles. The second-order valence-corrected chi connectivity index (χ2v) is 8.55. The van der Waals surface area contributed by atoms with Crippen LogP contribution in [0, 0.1) is 11.3 Å². The number of nitrogens with one attached hydrogen (secondary N) is 3. The van der Waals surface area contributed by atoms with Crippen LogP contribution in [0.15, 0.2) is 35.5 Å². The van der Waals surface area contributed by atoms with Crippen LogP contribution in [0.2, 0.25) is 0 Å². The van der Waals surface area contributed by atoms with Crippen LogP contribution in [0.25, 0.3) is 10.9 Å². The van der Waals surface area contributed by atoms with E-state index in [4.69, 9.17) is 4.74 Å². The lowest BCUT2D eigenvalue weighted by atomic mass is 9.78. The molecule has 5 nitrogen and oxygen atoms in total. The van der Waals surface area contributed by atoms with Crippen molar-refractivity contribution in [3.05, 3.63) is 36.0 Å². The molecule has 0 bridgehead atoms. The smallest absolute Gasteiger partial charge is 0.190 e. The zero-order valence-electron chi connectivity index (χ0n) is 17.1. The molecule has 1 aliphatic rings. The number of para-hydroxylation sites is 1. The lowest BCUT2D eigenvalue weighted by Gasteiger charge is -2.40. The highest BCUT2D eigenvalue weighted by Crippen LogP contribution is 2.33. The summed E-state index contributed by atoms with van der Waals surface area (Å²) in [6.45, 7) is 9.44. The standard InChI is InChI=1S/C22H34N4O/c1-22(2,3)20-17(8-7-13-27-20)15-26-21(23-4)24-12-11-16-14-25-19-10-6-5-9-18(16)19/h5-6,9-10,14,17,20,25H,7-8,11-13,15H2,1-4H3,(H2,23,24,26). The Morgan fingerprint density at radius 1 is 1.26 bits per heavy atom. The first kappa shape index (κ1) is 19.7. The van der Waals surface area contributed by atoms with Gasteiger partial charge in [-0.15, -0.1) is 0 Å². The van der Waals surface area contributed by atoms with Crippen LogP contribution in [-0.2, 0) is 11.2 Å². The van der Waals surface area contributed by atoms with Crippen molar-refractivity contribution in [2.24, 2.45) is 16.3 Å². The fraction of sp³-hybridized carbons (Fsp3) is 0.591. The van der Waals surface area contributed by atoms with Crippen molar-refractivity contribution in [2.75, 3.05) is 26.7 Å². The second kappa shape index (κ2) is 8.79. The minimum Gasteiger partial charge on any atom is -0.377 e. The van der Waals surface area contributed by atoms with E-state index in [0.717, 1.165) is 38.5 Å². The van der Waals surface area contributed by atoms with E-state index in [1.165, 1.54) is 22.9 Å². The Balaban J connectivity index is 1.49. The van der Waals surface area contributed by atoms with Crippen molar-refractivity contribution < 1.29 is 4.74 Å². The topological polar surface area (TPSA) is 61.4 Å². The summed E-state index contributed by atoms with van der Waals surface area (Å²) in [6, 6.07) is 8.44. The number of guanidine groups is 1. The molecule has 1 saturated heterocycles. The summed E-state index contributed by atoms with van der Waals surface area (Å²) in [7, 11) is 1.83. The lowest BCUT2D eigenvalue weighted by molar-refractivity contribution is -0.0835. The molecule has 1 fully saturated rings. The van der Waals surface area contributed by atoms with Gasteiger partial charge in [-0.05, 0) is 36.3 Å². The highest BCUT2D eigenvalue weighted by molar-refractivity contribution is 5.83. The predicted molar refractivity (Wildman–Crippen MR) is 113 cm³/mol. The lowest BCUT2D eigenvalue weighted by Crippen LogP contribution is -2.47. The Kier molecular flexibility index (Phi) is 6.42. The van der Waals surface area contributed by atoms with Gasteiger partial charge in [0.1, 0.15) is 0 Å². The first-order valence-corrected chi connectivity index (χ1v) is 10.1. The number of hydrogen-bond acceptors (Lipinski definition) is 2. The van der Waals surface area contributed by atoms with Crippen molar-refractivity contribution in [3.8, 4) is 0 Å². The minimum atomic E-state index is 0.166. The molecule has 0 spiro atoms. The number of ether oxygens (including phenoxy) is 1. The van der Waals surface area contributed by atoms with Gasteiger partial charge in [-0.3, -0.25) is 4.99 Å². The van der Waals surface area contributed by atoms with E-state index in [0.29, 0.717) is 12.0 Å². The fourth-order valence-electron chi connectivity index (χ4n) is 4.11. The summed E-state index contributed by atoms with van der Waals surface area (Å²) in [6.07, 6.45) is 5.72. The van der Waals surface area contributed by atoms with E-state index >= 15 is 0 Å². The fourth-order valence-corrected chi connectivity index (χ4v) is 4.11. The minimum absolute atomic E-state index is 0.166. The number of aromatic amines is 1. The molecule has 2 heterocycles. The number of rotatable bonds is 5. The van der Waals surface area contributed by atoms with E-state index in [2.05, 4.69) is 71.8 Å². The van der Waals surface area contributed by atoms with Gasteiger partial charge in [0.25, 0.3) is 0 Å². The van der Waals surface area contributed by atoms with E-state index in [1.807, 2.05) is 7.05 Å². The Morgan fingerprint density at radius 3 is 2.85 bits per heavy atom. The molecule has 27 heavy (non-hydrogen) atoms. The van der Waals surface area contributed by atoms with Crippen LogP contribution in [-0.4, -0.2) is 43.8 Å². The normalized spacial score (nSPS) is 21.4. The van der Waals surface area contributed by atoms with E-state index in [-0.39, 0.29) is 5.41 Å². The first-order valence-electron chi connectivity index (χ1n) is 10.1. The van der Waals surface area contributed by atoms with Crippen molar-refractivity contribution in [2.45, 2.75) is 46.1 Å². The molecule has 2 aromatic rings. The van der Waals surface area contributed by atoms with Gasteiger partial charge >= 0.3 is 0 Å². The van der Waals surface area contributed by atoms with Gasteiger partial charge in [-0.2, -0.15) is 0 Å². The highest BCUT2D eigenvalue weighted by atomic mass is 16.5. The van der Waals surface area contributed by atoms with Crippen molar-refractivity contribution in [3.63, 3.8) is 0 Å². The number of fused-ring (bicyclic) bond motifs is 1. The molecule has 0 aliphatic carbocycles.